The number of benzene rings is 1. The molecule has 0 spiro atoms. The van der Waals surface area contributed by atoms with Gasteiger partial charge in [-0.15, -0.1) is 15.3 Å². The number of rotatable bonds is 4. The van der Waals surface area contributed by atoms with Gasteiger partial charge < -0.3 is 5.32 Å². The van der Waals surface area contributed by atoms with Crippen LogP contribution in [0, 0.1) is 0 Å². The number of nitrogens with zero attached hydrogens (tertiary/aromatic N) is 7. The van der Waals surface area contributed by atoms with E-state index in [1.165, 1.54) is 11.0 Å². The number of aromatic nitrogens is 7. The van der Waals surface area contributed by atoms with E-state index in [1.807, 2.05) is 24.4 Å². The second-order valence-corrected chi connectivity index (χ2v) is 5.55. The Morgan fingerprint density at radius 2 is 2.12 bits per heavy atom. The van der Waals surface area contributed by atoms with Crippen molar-refractivity contribution in [2.75, 3.05) is 0 Å². The lowest BCUT2D eigenvalue weighted by Crippen LogP contribution is -2.24. The van der Waals surface area contributed by atoms with Crippen LogP contribution in [0.25, 0.3) is 11.3 Å². The van der Waals surface area contributed by atoms with Gasteiger partial charge in [-0.2, -0.15) is 0 Å². The number of amides is 1. The zero-order chi connectivity index (χ0) is 17.2. The molecule has 25 heavy (non-hydrogen) atoms. The first-order chi connectivity index (χ1) is 12.2. The van der Waals surface area contributed by atoms with Gasteiger partial charge in [0.15, 0.2) is 11.5 Å². The average molecular weight is 355 g/mol. The number of hydrogen-bond acceptors (Lipinski definition) is 6. The fourth-order valence-electron chi connectivity index (χ4n) is 2.38. The number of pyridine rings is 1. The van der Waals surface area contributed by atoms with Crippen molar-refractivity contribution in [2.45, 2.75) is 6.54 Å². The lowest BCUT2D eigenvalue weighted by atomic mass is 10.2. The van der Waals surface area contributed by atoms with E-state index in [2.05, 4.69) is 31.0 Å². The fraction of sp³-hybridized carbons (Fsp3) is 0.0667. The summed E-state index contributed by atoms with van der Waals surface area (Å²) >= 11 is 6.15. The van der Waals surface area contributed by atoms with Crippen molar-refractivity contribution in [1.82, 2.24) is 40.1 Å². The Balaban J connectivity index is 1.56. The molecule has 0 bridgehead atoms. The third-order valence-corrected chi connectivity index (χ3v) is 3.93. The van der Waals surface area contributed by atoms with Gasteiger partial charge in [0.1, 0.15) is 6.33 Å². The predicted octanol–water partition coefficient (Wildman–Crippen LogP) is 1.29. The van der Waals surface area contributed by atoms with E-state index in [9.17, 15) is 4.79 Å². The highest BCUT2D eigenvalue weighted by molar-refractivity contribution is 6.33. The summed E-state index contributed by atoms with van der Waals surface area (Å²) in [6.45, 7) is 0.218. The number of hydrogen-bond donors (Lipinski definition) is 1. The third kappa shape index (κ3) is 2.92. The van der Waals surface area contributed by atoms with Gasteiger partial charge in [-0.05, 0) is 40.8 Å². The third-order valence-electron chi connectivity index (χ3n) is 3.60. The summed E-state index contributed by atoms with van der Waals surface area (Å²) in [6.07, 6.45) is 3.27. The van der Waals surface area contributed by atoms with E-state index in [-0.39, 0.29) is 12.5 Å². The molecule has 4 aromatic rings. The van der Waals surface area contributed by atoms with Crippen molar-refractivity contribution in [3.8, 4) is 5.69 Å². The highest BCUT2D eigenvalue weighted by Crippen LogP contribution is 2.19. The molecule has 0 aliphatic carbocycles. The van der Waals surface area contributed by atoms with E-state index < -0.39 is 0 Å². The monoisotopic (exact) mass is 354 g/mol. The van der Waals surface area contributed by atoms with Gasteiger partial charge in [0, 0.05) is 6.20 Å². The Bertz CT molecular complexity index is 1040. The van der Waals surface area contributed by atoms with E-state index in [0.29, 0.717) is 27.7 Å². The van der Waals surface area contributed by atoms with Crippen LogP contribution in [0.1, 0.15) is 16.2 Å². The molecule has 1 aromatic carbocycles. The largest absolute Gasteiger partial charge is 0.345 e. The molecule has 0 aliphatic heterocycles. The fourth-order valence-corrected chi connectivity index (χ4v) is 2.58. The molecule has 0 saturated carbocycles. The maximum atomic E-state index is 12.5. The summed E-state index contributed by atoms with van der Waals surface area (Å²) in [5.74, 6) is 0.296. The summed E-state index contributed by atoms with van der Waals surface area (Å²) in [7, 11) is 0. The molecule has 3 heterocycles. The molecule has 0 atom stereocenters. The van der Waals surface area contributed by atoms with Gasteiger partial charge in [-0.3, -0.25) is 9.20 Å². The van der Waals surface area contributed by atoms with Gasteiger partial charge in [0.2, 0.25) is 0 Å². The van der Waals surface area contributed by atoms with Crippen molar-refractivity contribution in [1.29, 1.82) is 0 Å². The van der Waals surface area contributed by atoms with E-state index in [0.717, 1.165) is 0 Å². The summed E-state index contributed by atoms with van der Waals surface area (Å²) in [5, 5.41) is 22.2. The molecule has 10 heteroatoms. The first kappa shape index (κ1) is 15.2. The smallest absolute Gasteiger partial charge is 0.253 e. The number of nitrogens with one attached hydrogen (secondary N) is 1. The molecular weight excluding hydrogens is 344 g/mol. The molecule has 0 radical (unpaired) electrons. The second kappa shape index (κ2) is 6.29. The minimum Gasteiger partial charge on any atom is -0.345 e. The molecule has 0 saturated heterocycles. The summed E-state index contributed by atoms with van der Waals surface area (Å²) in [4.78, 5) is 12.5. The normalized spacial score (nSPS) is 10.9. The number of carbonyl (C=O) groups is 1. The molecular formula is C15H11ClN8O. The zero-order valence-corrected chi connectivity index (χ0v) is 13.5. The van der Waals surface area contributed by atoms with Gasteiger partial charge in [0.05, 0.1) is 22.8 Å². The van der Waals surface area contributed by atoms with Gasteiger partial charge >= 0.3 is 0 Å². The van der Waals surface area contributed by atoms with Crippen LogP contribution in [-0.4, -0.2) is 40.7 Å². The van der Waals surface area contributed by atoms with Gasteiger partial charge in [-0.25, -0.2) is 4.68 Å². The van der Waals surface area contributed by atoms with Crippen molar-refractivity contribution in [2.24, 2.45) is 0 Å². The molecule has 1 amide bonds. The van der Waals surface area contributed by atoms with Crippen LogP contribution in [-0.2, 0) is 6.54 Å². The Labute approximate surface area is 146 Å². The molecule has 9 nitrogen and oxygen atoms in total. The number of fused-ring (bicyclic) bond motifs is 1. The number of tetrazole rings is 1. The van der Waals surface area contributed by atoms with Crippen LogP contribution in [0.15, 0.2) is 48.9 Å². The van der Waals surface area contributed by atoms with Crippen LogP contribution in [0.5, 0.6) is 0 Å². The Morgan fingerprint density at radius 3 is 2.96 bits per heavy atom. The van der Waals surface area contributed by atoms with Crippen LogP contribution in [0.2, 0.25) is 5.02 Å². The summed E-state index contributed by atoms with van der Waals surface area (Å²) in [6, 6.07) is 10.5. The summed E-state index contributed by atoms with van der Waals surface area (Å²) in [5.41, 5.74) is 1.67. The highest BCUT2D eigenvalue weighted by atomic mass is 35.5. The van der Waals surface area contributed by atoms with Crippen LogP contribution >= 0.6 is 11.6 Å². The van der Waals surface area contributed by atoms with Crippen molar-refractivity contribution in [3.63, 3.8) is 0 Å². The van der Waals surface area contributed by atoms with Crippen molar-refractivity contribution in [3.05, 3.63) is 65.3 Å². The zero-order valence-electron chi connectivity index (χ0n) is 12.7. The Hall–Kier alpha value is -3.33. The first-order valence-corrected chi connectivity index (χ1v) is 7.70. The minimum atomic E-state index is -0.326. The van der Waals surface area contributed by atoms with Crippen LogP contribution in [0.3, 0.4) is 0 Å². The molecule has 0 unspecified atom stereocenters. The average Bonchev–Trinajstić information content (AvgIpc) is 3.30. The molecule has 124 valence electrons. The first-order valence-electron chi connectivity index (χ1n) is 7.32. The van der Waals surface area contributed by atoms with Crippen LogP contribution in [0.4, 0.5) is 0 Å². The van der Waals surface area contributed by atoms with E-state index >= 15 is 0 Å². The Kier molecular flexibility index (Phi) is 3.82. The quantitative estimate of drug-likeness (QED) is 0.592. The molecule has 0 aliphatic rings. The van der Waals surface area contributed by atoms with E-state index in [1.54, 1.807) is 22.6 Å². The Morgan fingerprint density at radius 1 is 1.20 bits per heavy atom. The molecule has 3 aromatic heterocycles. The summed E-state index contributed by atoms with van der Waals surface area (Å²) < 4.78 is 3.25. The lowest BCUT2D eigenvalue weighted by Gasteiger charge is -2.08. The lowest BCUT2D eigenvalue weighted by molar-refractivity contribution is 0.0950. The molecule has 4 rings (SSSR count). The van der Waals surface area contributed by atoms with Crippen LogP contribution < -0.4 is 5.32 Å². The maximum Gasteiger partial charge on any atom is 0.253 e. The topological polar surface area (TPSA) is 103 Å². The van der Waals surface area contributed by atoms with Crippen molar-refractivity contribution < 1.29 is 4.79 Å². The van der Waals surface area contributed by atoms with E-state index in [4.69, 9.17) is 11.6 Å². The van der Waals surface area contributed by atoms with Crippen molar-refractivity contribution >= 4 is 23.2 Å². The molecule has 1 N–H and O–H groups in total. The second-order valence-electron chi connectivity index (χ2n) is 5.15. The predicted molar refractivity (Wildman–Crippen MR) is 88.3 cm³/mol. The highest BCUT2D eigenvalue weighted by Gasteiger charge is 2.14. The molecule has 0 fully saturated rings. The SMILES string of the molecule is O=C(NCc1nnc2ccccn12)c1cc(-n2cnnn2)ccc1Cl. The number of carbonyl (C=O) groups excluding carboxylic acids is 1. The number of halogens is 1. The maximum absolute atomic E-state index is 12.5. The minimum absolute atomic E-state index is 0.218. The standard InChI is InChI=1S/C15H11ClN8O/c16-12-5-4-10(24-9-18-21-22-24)7-11(12)15(25)17-8-14-20-19-13-3-1-2-6-23(13)14/h1-7,9H,8H2,(H,17,25). The van der Waals surface area contributed by atoms with Gasteiger partial charge in [0.25, 0.3) is 5.91 Å². The van der Waals surface area contributed by atoms with Gasteiger partial charge in [-0.1, -0.05) is 17.7 Å².